The second kappa shape index (κ2) is 7.32. The van der Waals surface area contributed by atoms with Crippen molar-refractivity contribution >= 4 is 67.3 Å². The molecule has 1 amide bonds. The van der Waals surface area contributed by atoms with Gasteiger partial charge in [-0.15, -0.1) is 0 Å². The van der Waals surface area contributed by atoms with Crippen LogP contribution in [0.4, 0.5) is 0 Å². The summed E-state index contributed by atoms with van der Waals surface area (Å²) in [5.41, 5.74) is 0.303. The number of amides is 1. The van der Waals surface area contributed by atoms with Crippen molar-refractivity contribution in [1.82, 2.24) is 4.72 Å². The molecule has 0 saturated carbocycles. The van der Waals surface area contributed by atoms with Crippen molar-refractivity contribution in [3.8, 4) is 0 Å². The minimum atomic E-state index is -3.81. The number of sulfonamides is 1. The molecule has 1 N–H and O–H groups in total. The third-order valence-electron chi connectivity index (χ3n) is 2.32. The Bertz CT molecular complexity index is 642. The van der Waals surface area contributed by atoms with Crippen molar-refractivity contribution < 1.29 is 13.2 Å². The van der Waals surface area contributed by atoms with Crippen molar-refractivity contribution in [2.45, 2.75) is 4.90 Å². The van der Waals surface area contributed by atoms with Gasteiger partial charge in [-0.1, -0.05) is 36.4 Å². The van der Waals surface area contributed by atoms with Gasteiger partial charge in [0.1, 0.15) is 0 Å². The van der Waals surface area contributed by atoms with E-state index in [1.807, 2.05) is 4.72 Å². The van der Waals surface area contributed by atoms with Crippen LogP contribution in [-0.2, 0) is 10.0 Å². The summed E-state index contributed by atoms with van der Waals surface area (Å²) in [5.74, 6) is -0.639. The molecule has 0 saturated heterocycles. The summed E-state index contributed by atoms with van der Waals surface area (Å²) in [6, 6.07) is 16.0. The fraction of sp³-hybridized carbons (Fsp3) is 0. The standard InChI is InChI=1S/C13H11NO3S.K/c15-13(11-7-3-1-4-8-11)14-18(16,17)12-9-5-2-6-10-12;/h1-10H,(H,14,15);. The Kier molecular flexibility index (Phi) is 6.38. The molecule has 1 radical (unpaired) electrons. The van der Waals surface area contributed by atoms with Crippen LogP contribution in [0.2, 0.25) is 0 Å². The largest absolute Gasteiger partial charge is 0.268 e. The van der Waals surface area contributed by atoms with Crippen molar-refractivity contribution in [1.29, 1.82) is 0 Å². The van der Waals surface area contributed by atoms with Crippen molar-refractivity contribution in [3.05, 3.63) is 66.2 Å². The van der Waals surface area contributed by atoms with Crippen LogP contribution >= 0.6 is 0 Å². The van der Waals surface area contributed by atoms with Gasteiger partial charge in [0.25, 0.3) is 15.9 Å². The molecule has 0 aliphatic carbocycles. The van der Waals surface area contributed by atoms with Crippen LogP contribution in [0.25, 0.3) is 0 Å². The summed E-state index contributed by atoms with van der Waals surface area (Å²) >= 11 is 0. The van der Waals surface area contributed by atoms with Gasteiger partial charge in [-0.2, -0.15) is 0 Å². The molecule has 0 atom stereocenters. The van der Waals surface area contributed by atoms with Crippen LogP contribution in [0.3, 0.4) is 0 Å². The summed E-state index contributed by atoms with van der Waals surface area (Å²) < 4.78 is 25.8. The van der Waals surface area contributed by atoms with Gasteiger partial charge in [-0.3, -0.25) is 4.79 Å². The number of hydrogen-bond acceptors (Lipinski definition) is 3. The SMILES string of the molecule is O=C(NS(=O)(=O)c1ccccc1)c1ccccc1.[K]. The Balaban J connectivity index is 0.00000180. The third kappa shape index (κ3) is 4.52. The minimum absolute atomic E-state index is 0. The third-order valence-corrected chi connectivity index (χ3v) is 3.66. The maximum atomic E-state index is 11.9. The van der Waals surface area contributed by atoms with E-state index < -0.39 is 15.9 Å². The number of carbonyl (C=O) groups excluding carboxylic acids is 1. The molecule has 2 aromatic carbocycles. The summed E-state index contributed by atoms with van der Waals surface area (Å²) in [4.78, 5) is 11.8. The van der Waals surface area contributed by atoms with Crippen LogP contribution in [0.1, 0.15) is 10.4 Å². The van der Waals surface area contributed by atoms with Crippen molar-refractivity contribution in [3.63, 3.8) is 0 Å². The second-order valence-electron chi connectivity index (χ2n) is 3.61. The second-order valence-corrected chi connectivity index (χ2v) is 5.30. The Morgan fingerprint density at radius 1 is 0.842 bits per heavy atom. The van der Waals surface area contributed by atoms with Gasteiger partial charge in [-0.25, -0.2) is 13.1 Å². The van der Waals surface area contributed by atoms with Crippen LogP contribution < -0.4 is 4.72 Å². The molecule has 0 aromatic heterocycles. The first-order valence-electron chi connectivity index (χ1n) is 5.27. The zero-order valence-electron chi connectivity index (χ0n) is 10.4. The molecule has 19 heavy (non-hydrogen) atoms. The smallest absolute Gasteiger partial charge is 0.264 e. The molecule has 4 nitrogen and oxygen atoms in total. The molecule has 0 fully saturated rings. The van der Waals surface area contributed by atoms with E-state index in [2.05, 4.69) is 0 Å². The average Bonchev–Trinajstić information content (AvgIpc) is 2.40. The average molecular weight is 300 g/mol. The Labute approximate surface area is 154 Å². The normalized spacial score (nSPS) is 10.3. The van der Waals surface area contributed by atoms with Gasteiger partial charge in [0, 0.05) is 56.9 Å². The maximum absolute atomic E-state index is 11.9. The van der Waals surface area contributed by atoms with Gasteiger partial charge in [0.2, 0.25) is 0 Å². The van der Waals surface area contributed by atoms with E-state index in [1.165, 1.54) is 12.1 Å². The summed E-state index contributed by atoms with van der Waals surface area (Å²) in [6.07, 6.45) is 0. The number of hydrogen-bond donors (Lipinski definition) is 1. The maximum Gasteiger partial charge on any atom is 0.264 e. The van der Waals surface area contributed by atoms with Gasteiger partial charge in [0.15, 0.2) is 0 Å². The fourth-order valence-corrected chi connectivity index (χ4v) is 2.42. The number of carbonyl (C=O) groups is 1. The topological polar surface area (TPSA) is 63.2 Å². The molecule has 0 spiro atoms. The molecule has 2 aromatic rings. The summed E-state index contributed by atoms with van der Waals surface area (Å²) in [7, 11) is -3.81. The molecule has 0 bridgehead atoms. The first kappa shape index (κ1) is 16.6. The molecule has 0 heterocycles. The van der Waals surface area contributed by atoms with Crippen molar-refractivity contribution in [2.75, 3.05) is 0 Å². The Morgan fingerprint density at radius 3 is 1.84 bits per heavy atom. The first-order chi connectivity index (χ1) is 8.59. The molecule has 93 valence electrons. The van der Waals surface area contributed by atoms with Crippen LogP contribution in [-0.4, -0.2) is 65.7 Å². The first-order valence-corrected chi connectivity index (χ1v) is 6.75. The zero-order valence-corrected chi connectivity index (χ0v) is 14.3. The van der Waals surface area contributed by atoms with Crippen LogP contribution in [0.5, 0.6) is 0 Å². The molecule has 6 heteroatoms. The van der Waals surface area contributed by atoms with E-state index in [-0.39, 0.29) is 56.3 Å². The molecule has 0 aliphatic heterocycles. The number of benzene rings is 2. The fourth-order valence-electron chi connectivity index (χ4n) is 1.43. The quantitative estimate of drug-likeness (QED) is 0.872. The van der Waals surface area contributed by atoms with E-state index >= 15 is 0 Å². The molecule has 0 unspecified atom stereocenters. The van der Waals surface area contributed by atoms with Crippen LogP contribution in [0, 0.1) is 0 Å². The van der Waals surface area contributed by atoms with Gasteiger partial charge in [-0.05, 0) is 24.3 Å². The summed E-state index contributed by atoms with van der Waals surface area (Å²) in [6.45, 7) is 0. The van der Waals surface area contributed by atoms with E-state index in [1.54, 1.807) is 48.5 Å². The molecular weight excluding hydrogens is 289 g/mol. The molecular formula is C13H11KNO3S. The monoisotopic (exact) mass is 300 g/mol. The predicted molar refractivity (Wildman–Crippen MR) is 73.3 cm³/mol. The summed E-state index contributed by atoms with van der Waals surface area (Å²) in [5, 5.41) is 0. The Morgan fingerprint density at radius 2 is 1.32 bits per heavy atom. The zero-order chi connectivity index (χ0) is 13.0. The number of rotatable bonds is 3. The molecule has 2 rings (SSSR count). The van der Waals surface area contributed by atoms with E-state index in [4.69, 9.17) is 0 Å². The van der Waals surface area contributed by atoms with Crippen LogP contribution in [0.15, 0.2) is 65.6 Å². The minimum Gasteiger partial charge on any atom is -0.268 e. The van der Waals surface area contributed by atoms with Gasteiger partial charge >= 0.3 is 0 Å². The van der Waals surface area contributed by atoms with Gasteiger partial charge in [0.05, 0.1) is 4.90 Å². The van der Waals surface area contributed by atoms with E-state index in [9.17, 15) is 13.2 Å². The Hall–Kier alpha value is -0.504. The number of nitrogens with one attached hydrogen (secondary N) is 1. The van der Waals surface area contributed by atoms with E-state index in [0.717, 1.165) is 0 Å². The van der Waals surface area contributed by atoms with Gasteiger partial charge < -0.3 is 0 Å². The predicted octanol–water partition coefficient (Wildman–Crippen LogP) is 1.42. The van der Waals surface area contributed by atoms with E-state index in [0.29, 0.717) is 5.56 Å². The molecule has 0 aliphatic rings. The van der Waals surface area contributed by atoms with Crippen molar-refractivity contribution in [2.24, 2.45) is 0 Å².